The van der Waals surface area contributed by atoms with Gasteiger partial charge < -0.3 is 4.74 Å². The molecule has 4 heteroatoms. The molecule has 0 radical (unpaired) electrons. The van der Waals surface area contributed by atoms with Crippen molar-refractivity contribution in [3.8, 4) is 0 Å². The fourth-order valence-corrected chi connectivity index (χ4v) is 2.89. The highest BCUT2D eigenvalue weighted by Gasteiger charge is 2.40. The number of nitrogens with zero attached hydrogens (tertiary/aromatic N) is 1. The van der Waals surface area contributed by atoms with Gasteiger partial charge in [0.2, 0.25) is 0 Å². The summed E-state index contributed by atoms with van der Waals surface area (Å²) >= 11 is 1.70. The maximum absolute atomic E-state index is 11.9. The summed E-state index contributed by atoms with van der Waals surface area (Å²) in [5.74, 6) is 0. The fraction of sp³-hybridized carbons (Fsp3) is 0.500. The van der Waals surface area contributed by atoms with Crippen LogP contribution in [0.1, 0.15) is 32.4 Å². The smallest absolute Gasteiger partial charge is 0.411 e. The van der Waals surface area contributed by atoms with E-state index < -0.39 is 0 Å². The second-order valence-corrected chi connectivity index (χ2v) is 5.70. The minimum Gasteiger partial charge on any atom is -0.439 e. The van der Waals surface area contributed by atoms with Crippen LogP contribution in [0.2, 0.25) is 0 Å². The molecule has 18 heavy (non-hydrogen) atoms. The Morgan fingerprint density at radius 2 is 2.11 bits per heavy atom. The number of rotatable bonds is 3. The van der Waals surface area contributed by atoms with Crippen molar-refractivity contribution in [3.63, 3.8) is 0 Å². The van der Waals surface area contributed by atoms with E-state index in [2.05, 4.69) is 12.1 Å². The van der Waals surface area contributed by atoms with E-state index >= 15 is 0 Å². The van der Waals surface area contributed by atoms with Crippen LogP contribution in [0.3, 0.4) is 0 Å². The van der Waals surface area contributed by atoms with Crippen molar-refractivity contribution >= 4 is 17.9 Å². The lowest BCUT2D eigenvalue weighted by molar-refractivity contribution is 0.129. The van der Waals surface area contributed by atoms with Gasteiger partial charge in [-0.2, -0.15) is 0 Å². The molecule has 0 spiro atoms. The molecule has 0 N–H and O–H groups in total. The molecule has 3 nitrogen and oxygen atoms in total. The quantitative estimate of drug-likeness (QED) is 0.780. The number of carbonyl (C=O) groups is 1. The van der Waals surface area contributed by atoms with Gasteiger partial charge in [-0.3, -0.25) is 4.90 Å². The summed E-state index contributed by atoms with van der Waals surface area (Å²) in [5, 5.41) is 0. The van der Waals surface area contributed by atoms with Gasteiger partial charge in [0.05, 0.1) is 6.04 Å². The molecule has 2 atom stereocenters. The van der Waals surface area contributed by atoms with E-state index in [-0.39, 0.29) is 24.3 Å². The molecule has 1 aromatic carbocycles. The van der Waals surface area contributed by atoms with Crippen molar-refractivity contribution in [2.24, 2.45) is 0 Å². The van der Waals surface area contributed by atoms with E-state index in [1.54, 1.807) is 16.7 Å². The number of cyclic esters (lactones) is 1. The van der Waals surface area contributed by atoms with Crippen LogP contribution in [0.25, 0.3) is 0 Å². The summed E-state index contributed by atoms with van der Waals surface area (Å²) < 4.78 is 5.51. The molecular weight excluding hydrogens is 246 g/mol. The van der Waals surface area contributed by atoms with Crippen LogP contribution >= 0.6 is 11.8 Å². The maximum atomic E-state index is 11.9. The Balaban J connectivity index is 2.26. The lowest BCUT2D eigenvalue weighted by Crippen LogP contribution is -2.37. The average Bonchev–Trinajstić information content (AvgIpc) is 2.65. The molecule has 1 fully saturated rings. The van der Waals surface area contributed by atoms with E-state index in [0.29, 0.717) is 0 Å². The number of carbonyl (C=O) groups excluding carboxylic acids is 1. The molecule has 1 amide bonds. The van der Waals surface area contributed by atoms with E-state index in [4.69, 9.17) is 4.74 Å². The number of ether oxygens (including phenoxy) is 1. The van der Waals surface area contributed by atoms with Crippen LogP contribution in [0.15, 0.2) is 29.2 Å². The Labute approximate surface area is 113 Å². The molecule has 0 aromatic heterocycles. The summed E-state index contributed by atoms with van der Waals surface area (Å²) in [6.45, 7) is 6.07. The molecule has 2 rings (SSSR count). The van der Waals surface area contributed by atoms with Crippen molar-refractivity contribution in [2.75, 3.05) is 6.26 Å². The topological polar surface area (TPSA) is 29.5 Å². The highest BCUT2D eigenvalue weighted by Crippen LogP contribution is 2.34. The SMILES string of the molecule is CSc1cccc(C2OC(=O)N(C(C)C)C2C)c1. The molecule has 1 aromatic rings. The van der Waals surface area contributed by atoms with Gasteiger partial charge in [0.1, 0.15) is 6.10 Å². The van der Waals surface area contributed by atoms with Crippen molar-refractivity contribution in [2.45, 2.75) is 43.9 Å². The molecule has 1 aliphatic heterocycles. The molecule has 1 saturated heterocycles. The fourth-order valence-electron chi connectivity index (χ4n) is 2.43. The van der Waals surface area contributed by atoms with Crippen molar-refractivity contribution in [1.82, 2.24) is 4.90 Å². The van der Waals surface area contributed by atoms with Gasteiger partial charge in [-0.15, -0.1) is 11.8 Å². The van der Waals surface area contributed by atoms with Gasteiger partial charge >= 0.3 is 6.09 Å². The van der Waals surface area contributed by atoms with Gasteiger partial charge in [0, 0.05) is 10.9 Å². The molecule has 98 valence electrons. The second-order valence-electron chi connectivity index (χ2n) is 4.82. The zero-order chi connectivity index (χ0) is 13.3. The normalized spacial score (nSPS) is 23.6. The molecule has 1 aliphatic rings. The monoisotopic (exact) mass is 265 g/mol. The first-order chi connectivity index (χ1) is 8.54. The largest absolute Gasteiger partial charge is 0.439 e. The van der Waals surface area contributed by atoms with Crippen LogP contribution in [0.5, 0.6) is 0 Å². The lowest BCUT2D eigenvalue weighted by atomic mass is 10.0. The van der Waals surface area contributed by atoms with Crippen molar-refractivity contribution in [3.05, 3.63) is 29.8 Å². The number of thioether (sulfide) groups is 1. The summed E-state index contributed by atoms with van der Waals surface area (Å²) in [5.41, 5.74) is 1.07. The van der Waals surface area contributed by atoms with E-state index in [0.717, 1.165) is 5.56 Å². The maximum Gasteiger partial charge on any atom is 0.411 e. The van der Waals surface area contributed by atoms with Gasteiger partial charge in [0.15, 0.2) is 0 Å². The standard InChI is InChI=1S/C14H19NO2S/c1-9(2)15-10(3)13(17-14(15)16)11-6-5-7-12(8-11)18-4/h5-10,13H,1-4H3. The number of benzene rings is 1. The van der Waals surface area contributed by atoms with Gasteiger partial charge in [-0.1, -0.05) is 12.1 Å². The number of amides is 1. The minimum absolute atomic E-state index is 0.0783. The Bertz CT molecular complexity index is 447. The van der Waals surface area contributed by atoms with Crippen LogP contribution < -0.4 is 0 Å². The van der Waals surface area contributed by atoms with Crippen LogP contribution in [-0.4, -0.2) is 29.3 Å². The third-order valence-corrected chi connectivity index (χ3v) is 4.02. The lowest BCUT2D eigenvalue weighted by Gasteiger charge is -2.24. The second kappa shape index (κ2) is 5.22. The highest BCUT2D eigenvalue weighted by molar-refractivity contribution is 7.98. The summed E-state index contributed by atoms with van der Waals surface area (Å²) in [7, 11) is 0. The first-order valence-corrected chi connectivity index (χ1v) is 7.40. The van der Waals surface area contributed by atoms with Crippen molar-refractivity contribution < 1.29 is 9.53 Å². The Morgan fingerprint density at radius 1 is 1.39 bits per heavy atom. The summed E-state index contributed by atoms with van der Waals surface area (Å²) in [6, 6.07) is 8.45. The van der Waals surface area contributed by atoms with E-state index in [1.165, 1.54) is 4.90 Å². The minimum atomic E-state index is -0.211. The Morgan fingerprint density at radius 3 is 2.67 bits per heavy atom. The zero-order valence-electron chi connectivity index (χ0n) is 11.2. The molecule has 0 aliphatic carbocycles. The van der Waals surface area contributed by atoms with Gasteiger partial charge in [0.25, 0.3) is 0 Å². The predicted molar refractivity (Wildman–Crippen MR) is 73.9 cm³/mol. The Hall–Kier alpha value is -1.16. The van der Waals surface area contributed by atoms with E-state index in [9.17, 15) is 4.79 Å². The Kier molecular flexibility index (Phi) is 3.85. The number of hydrogen-bond acceptors (Lipinski definition) is 3. The van der Waals surface area contributed by atoms with E-state index in [1.807, 2.05) is 39.2 Å². The predicted octanol–water partition coefficient (Wildman–Crippen LogP) is 3.70. The zero-order valence-corrected chi connectivity index (χ0v) is 12.0. The van der Waals surface area contributed by atoms with Crippen LogP contribution in [0.4, 0.5) is 4.79 Å². The molecule has 1 heterocycles. The van der Waals surface area contributed by atoms with Crippen molar-refractivity contribution in [1.29, 1.82) is 0 Å². The third kappa shape index (κ3) is 2.34. The average molecular weight is 265 g/mol. The van der Waals surface area contributed by atoms with Gasteiger partial charge in [-0.25, -0.2) is 4.79 Å². The molecule has 0 saturated carbocycles. The first kappa shape index (κ1) is 13.3. The first-order valence-electron chi connectivity index (χ1n) is 6.17. The number of hydrogen-bond donors (Lipinski definition) is 0. The molecule has 0 bridgehead atoms. The van der Waals surface area contributed by atoms with Crippen LogP contribution in [0, 0.1) is 0 Å². The molecule has 2 unspecified atom stereocenters. The summed E-state index contributed by atoms with van der Waals surface area (Å²) in [6.07, 6.45) is 1.67. The molecular formula is C14H19NO2S. The highest BCUT2D eigenvalue weighted by atomic mass is 32.2. The van der Waals surface area contributed by atoms with Gasteiger partial charge in [-0.05, 0) is 44.7 Å². The summed E-state index contributed by atoms with van der Waals surface area (Å²) in [4.78, 5) is 14.9. The van der Waals surface area contributed by atoms with Crippen LogP contribution in [-0.2, 0) is 4.74 Å². The third-order valence-electron chi connectivity index (χ3n) is 3.29.